The molecule has 0 aliphatic carbocycles. The molecule has 0 saturated heterocycles. The van der Waals surface area contributed by atoms with E-state index in [1.54, 1.807) is 30.3 Å². The predicted molar refractivity (Wildman–Crippen MR) is 81.6 cm³/mol. The van der Waals surface area contributed by atoms with Gasteiger partial charge in [0.2, 0.25) is 0 Å². The van der Waals surface area contributed by atoms with Crippen molar-refractivity contribution < 1.29 is 9.59 Å². The largest absolute Gasteiger partial charge is 0.276 e. The van der Waals surface area contributed by atoms with Crippen molar-refractivity contribution in [3.05, 3.63) is 71.8 Å². The maximum atomic E-state index is 12.4. The number of nitrogens with one attached hydrogen (secondary N) is 1. The third-order valence-corrected chi connectivity index (χ3v) is 3.67. The molecule has 5 nitrogen and oxygen atoms in total. The molecule has 0 bridgehead atoms. The van der Waals surface area contributed by atoms with E-state index in [0.717, 1.165) is 16.2 Å². The van der Waals surface area contributed by atoms with Gasteiger partial charge >= 0.3 is 0 Å². The summed E-state index contributed by atoms with van der Waals surface area (Å²) < 4.78 is 0. The summed E-state index contributed by atoms with van der Waals surface area (Å²) in [5, 5.41) is 6.99. The lowest BCUT2D eigenvalue weighted by Crippen LogP contribution is -2.29. The average molecular weight is 289 g/mol. The Hall–Kier alpha value is -3.21. The van der Waals surface area contributed by atoms with Gasteiger partial charge in [0.15, 0.2) is 5.82 Å². The number of anilines is 1. The van der Waals surface area contributed by atoms with Crippen LogP contribution in [0.4, 0.5) is 5.82 Å². The molecular formula is C17H11N3O2. The van der Waals surface area contributed by atoms with Crippen LogP contribution in [-0.2, 0) is 0 Å². The molecule has 0 fully saturated rings. The molecule has 5 heteroatoms. The van der Waals surface area contributed by atoms with E-state index in [-0.39, 0.29) is 11.8 Å². The summed E-state index contributed by atoms with van der Waals surface area (Å²) in [6.07, 6.45) is 0. The normalized spacial score (nSPS) is 13.5. The molecule has 3 aromatic rings. The quantitative estimate of drug-likeness (QED) is 0.738. The maximum Gasteiger partial charge on any atom is 0.267 e. The molecule has 0 atom stereocenters. The van der Waals surface area contributed by atoms with Crippen LogP contribution in [-0.4, -0.2) is 22.0 Å². The fraction of sp³-hybridized carbons (Fsp3) is 0. The van der Waals surface area contributed by atoms with E-state index < -0.39 is 0 Å². The van der Waals surface area contributed by atoms with Crippen molar-refractivity contribution in [3.63, 3.8) is 0 Å². The van der Waals surface area contributed by atoms with Crippen LogP contribution in [0.25, 0.3) is 11.3 Å². The summed E-state index contributed by atoms with van der Waals surface area (Å²) in [5.41, 5.74) is 2.53. The van der Waals surface area contributed by atoms with Crippen LogP contribution >= 0.6 is 0 Å². The highest BCUT2D eigenvalue weighted by molar-refractivity contribution is 6.34. The summed E-state index contributed by atoms with van der Waals surface area (Å²) in [6, 6.07) is 18.1. The Balaban J connectivity index is 1.74. The molecule has 2 aromatic carbocycles. The summed E-state index contributed by atoms with van der Waals surface area (Å²) in [6.45, 7) is 0. The number of rotatable bonds is 2. The monoisotopic (exact) mass is 289 g/mol. The number of hydrogen-bond donors (Lipinski definition) is 1. The van der Waals surface area contributed by atoms with E-state index in [1.807, 2.05) is 30.3 Å². The van der Waals surface area contributed by atoms with Crippen LogP contribution in [0.5, 0.6) is 0 Å². The number of hydrogen-bond acceptors (Lipinski definition) is 3. The van der Waals surface area contributed by atoms with E-state index in [1.165, 1.54) is 0 Å². The molecule has 1 aliphatic rings. The number of imide groups is 1. The van der Waals surface area contributed by atoms with E-state index in [2.05, 4.69) is 10.2 Å². The Morgan fingerprint density at radius 1 is 0.818 bits per heavy atom. The third-order valence-electron chi connectivity index (χ3n) is 3.67. The first-order chi connectivity index (χ1) is 10.8. The zero-order valence-electron chi connectivity index (χ0n) is 11.5. The second kappa shape index (κ2) is 4.66. The van der Waals surface area contributed by atoms with Crippen LogP contribution in [0.3, 0.4) is 0 Å². The minimum absolute atomic E-state index is 0.310. The number of aromatic amines is 1. The molecular weight excluding hydrogens is 278 g/mol. The molecule has 4 rings (SSSR count). The molecule has 1 aromatic heterocycles. The van der Waals surface area contributed by atoms with Crippen molar-refractivity contribution in [3.8, 4) is 11.3 Å². The Kier molecular flexibility index (Phi) is 2.66. The molecule has 0 radical (unpaired) electrons. The summed E-state index contributed by atoms with van der Waals surface area (Å²) in [7, 11) is 0. The van der Waals surface area contributed by atoms with E-state index >= 15 is 0 Å². The first kappa shape index (κ1) is 12.5. The van der Waals surface area contributed by atoms with Gasteiger partial charge in [-0.25, -0.2) is 4.90 Å². The van der Waals surface area contributed by atoms with Gasteiger partial charge in [-0.2, -0.15) is 5.10 Å². The van der Waals surface area contributed by atoms with Gasteiger partial charge < -0.3 is 0 Å². The minimum atomic E-state index is -0.341. The first-order valence-corrected chi connectivity index (χ1v) is 6.84. The van der Waals surface area contributed by atoms with Gasteiger partial charge in [-0.3, -0.25) is 14.7 Å². The van der Waals surface area contributed by atoms with Gasteiger partial charge in [-0.05, 0) is 17.7 Å². The Morgan fingerprint density at radius 3 is 2.05 bits per heavy atom. The molecule has 2 heterocycles. The second-order valence-electron chi connectivity index (χ2n) is 5.00. The molecule has 2 amide bonds. The minimum Gasteiger partial charge on any atom is -0.276 e. The zero-order chi connectivity index (χ0) is 15.1. The number of benzene rings is 2. The van der Waals surface area contributed by atoms with Crippen LogP contribution < -0.4 is 4.90 Å². The predicted octanol–water partition coefficient (Wildman–Crippen LogP) is 2.88. The van der Waals surface area contributed by atoms with Gasteiger partial charge in [-0.1, -0.05) is 42.5 Å². The average Bonchev–Trinajstić information content (AvgIpc) is 3.13. The highest BCUT2D eigenvalue weighted by Crippen LogP contribution is 2.29. The summed E-state index contributed by atoms with van der Waals surface area (Å²) in [5.74, 6) is -0.372. The molecule has 22 heavy (non-hydrogen) atoms. The van der Waals surface area contributed by atoms with E-state index in [9.17, 15) is 9.59 Å². The number of fused-ring (bicyclic) bond motifs is 1. The Bertz CT molecular complexity index is 849. The standard InChI is InChI=1S/C17H11N3O2/c21-16-12-8-4-5-9-13(12)17(22)20(16)15-10-14(18-19-15)11-6-2-1-3-7-11/h1-10H,(H,18,19). The lowest BCUT2D eigenvalue weighted by Gasteiger charge is -2.08. The van der Waals surface area contributed by atoms with Crippen molar-refractivity contribution in [2.24, 2.45) is 0 Å². The number of nitrogens with zero attached hydrogens (tertiary/aromatic N) is 2. The topological polar surface area (TPSA) is 66.1 Å². The Morgan fingerprint density at radius 2 is 1.41 bits per heavy atom. The van der Waals surface area contributed by atoms with Crippen molar-refractivity contribution >= 4 is 17.6 Å². The highest BCUT2D eigenvalue weighted by atomic mass is 16.2. The molecule has 1 aliphatic heterocycles. The molecule has 0 unspecified atom stereocenters. The van der Waals surface area contributed by atoms with Gasteiger partial charge in [0.25, 0.3) is 11.8 Å². The highest BCUT2D eigenvalue weighted by Gasteiger charge is 2.37. The lowest BCUT2D eigenvalue weighted by molar-refractivity contribution is 0.0925. The SMILES string of the molecule is O=C1c2ccccc2C(=O)N1c1cc(-c2ccccc2)[nH]n1. The number of carbonyl (C=O) groups excluding carboxylic acids is 2. The van der Waals surface area contributed by atoms with E-state index in [0.29, 0.717) is 16.9 Å². The zero-order valence-corrected chi connectivity index (χ0v) is 11.5. The van der Waals surface area contributed by atoms with Gasteiger partial charge in [0, 0.05) is 6.07 Å². The fourth-order valence-corrected chi connectivity index (χ4v) is 2.59. The van der Waals surface area contributed by atoms with Gasteiger partial charge in [-0.15, -0.1) is 0 Å². The maximum absolute atomic E-state index is 12.4. The van der Waals surface area contributed by atoms with Gasteiger partial charge in [0.05, 0.1) is 16.8 Å². The number of carbonyl (C=O) groups is 2. The van der Waals surface area contributed by atoms with Crippen molar-refractivity contribution in [2.75, 3.05) is 4.90 Å². The van der Waals surface area contributed by atoms with Crippen LogP contribution in [0.2, 0.25) is 0 Å². The summed E-state index contributed by atoms with van der Waals surface area (Å²) >= 11 is 0. The molecule has 106 valence electrons. The van der Waals surface area contributed by atoms with Crippen LogP contribution in [0.15, 0.2) is 60.7 Å². The number of H-pyrrole nitrogens is 1. The van der Waals surface area contributed by atoms with Crippen LogP contribution in [0.1, 0.15) is 20.7 Å². The smallest absolute Gasteiger partial charge is 0.267 e. The number of amides is 2. The van der Waals surface area contributed by atoms with Crippen LogP contribution in [0, 0.1) is 0 Å². The lowest BCUT2D eigenvalue weighted by atomic mass is 10.1. The third kappa shape index (κ3) is 1.76. The number of aromatic nitrogens is 2. The Labute approximate surface area is 126 Å². The van der Waals surface area contributed by atoms with Crippen molar-refractivity contribution in [1.29, 1.82) is 0 Å². The molecule has 0 saturated carbocycles. The van der Waals surface area contributed by atoms with Crippen molar-refractivity contribution in [1.82, 2.24) is 10.2 Å². The van der Waals surface area contributed by atoms with E-state index in [4.69, 9.17) is 0 Å². The van der Waals surface area contributed by atoms with Gasteiger partial charge in [0.1, 0.15) is 0 Å². The molecule has 0 spiro atoms. The second-order valence-corrected chi connectivity index (χ2v) is 5.00. The molecule has 1 N–H and O–H groups in total. The first-order valence-electron chi connectivity index (χ1n) is 6.84. The fourth-order valence-electron chi connectivity index (χ4n) is 2.59. The summed E-state index contributed by atoms with van der Waals surface area (Å²) in [4.78, 5) is 25.9. The van der Waals surface area contributed by atoms with Crippen molar-refractivity contribution in [2.45, 2.75) is 0 Å².